The molecule has 0 radical (unpaired) electrons. The summed E-state index contributed by atoms with van der Waals surface area (Å²) >= 11 is 0. The van der Waals surface area contributed by atoms with Crippen molar-refractivity contribution in [2.75, 3.05) is 0 Å². The number of aryl methyl sites for hydroxylation is 1. The van der Waals surface area contributed by atoms with Gasteiger partial charge in [0.1, 0.15) is 0 Å². The minimum atomic E-state index is -0.0729. The lowest BCUT2D eigenvalue weighted by atomic mass is 9.95. The van der Waals surface area contributed by atoms with Crippen LogP contribution in [-0.2, 0) is 6.42 Å². The largest absolute Gasteiger partial charge is 0.349 e. The van der Waals surface area contributed by atoms with E-state index in [-0.39, 0.29) is 11.9 Å². The summed E-state index contributed by atoms with van der Waals surface area (Å²) in [7, 11) is 0. The predicted octanol–water partition coefficient (Wildman–Crippen LogP) is 3.25. The number of nitrogens with one attached hydrogen (secondary N) is 1. The smallest absolute Gasteiger partial charge is 0.258 e. The summed E-state index contributed by atoms with van der Waals surface area (Å²) in [6.07, 6.45) is 9.68. The fraction of sp³-hybridized carbons (Fsp3) is 0.450. The standard InChI is InChI=1S/C20H24N6O2/c1-3-17-24-20(28-25-17)14-9-10-21-18(11-14)26-13(2)16(12-22-26)19(27)23-15-7-5-4-6-8-15/h9-12,15H,3-8H2,1-2H3,(H,23,27). The first kappa shape index (κ1) is 18.3. The van der Waals surface area contributed by atoms with Crippen molar-refractivity contribution in [2.45, 2.75) is 58.4 Å². The minimum Gasteiger partial charge on any atom is -0.349 e. The van der Waals surface area contributed by atoms with Gasteiger partial charge in [-0.15, -0.1) is 0 Å². The van der Waals surface area contributed by atoms with E-state index in [2.05, 4.69) is 25.5 Å². The molecule has 8 nitrogen and oxygen atoms in total. The van der Waals surface area contributed by atoms with Gasteiger partial charge in [0.15, 0.2) is 11.6 Å². The van der Waals surface area contributed by atoms with Crippen molar-refractivity contribution in [3.8, 4) is 17.3 Å². The monoisotopic (exact) mass is 380 g/mol. The van der Waals surface area contributed by atoms with Crippen LogP contribution < -0.4 is 5.32 Å². The Morgan fingerprint density at radius 1 is 1.32 bits per heavy atom. The van der Waals surface area contributed by atoms with Gasteiger partial charge >= 0.3 is 0 Å². The quantitative estimate of drug-likeness (QED) is 0.729. The van der Waals surface area contributed by atoms with Gasteiger partial charge in [0.05, 0.1) is 17.5 Å². The van der Waals surface area contributed by atoms with Crippen LogP contribution in [0, 0.1) is 6.92 Å². The maximum atomic E-state index is 12.7. The molecular weight excluding hydrogens is 356 g/mol. The summed E-state index contributed by atoms with van der Waals surface area (Å²) in [5.74, 6) is 1.63. The predicted molar refractivity (Wildman–Crippen MR) is 103 cm³/mol. The molecule has 0 bridgehead atoms. The van der Waals surface area contributed by atoms with Crippen molar-refractivity contribution in [1.82, 2.24) is 30.2 Å². The highest BCUT2D eigenvalue weighted by Crippen LogP contribution is 2.21. The van der Waals surface area contributed by atoms with Crippen molar-refractivity contribution in [3.05, 3.63) is 41.6 Å². The lowest BCUT2D eigenvalue weighted by molar-refractivity contribution is 0.0927. The SMILES string of the molecule is CCc1noc(-c2ccnc(-n3ncc(C(=O)NC4CCCCC4)c3C)c2)n1. The van der Waals surface area contributed by atoms with E-state index in [1.165, 1.54) is 19.3 Å². The molecule has 3 aromatic rings. The third-order valence-corrected chi connectivity index (χ3v) is 5.19. The van der Waals surface area contributed by atoms with Gasteiger partial charge in [-0.25, -0.2) is 9.67 Å². The van der Waals surface area contributed by atoms with Crippen LogP contribution in [0.5, 0.6) is 0 Å². The highest BCUT2D eigenvalue weighted by Gasteiger charge is 2.21. The second-order valence-corrected chi connectivity index (χ2v) is 7.14. The highest BCUT2D eigenvalue weighted by atomic mass is 16.5. The van der Waals surface area contributed by atoms with Crippen LogP contribution in [0.4, 0.5) is 0 Å². The van der Waals surface area contributed by atoms with Gasteiger partial charge in [0.2, 0.25) is 0 Å². The van der Waals surface area contributed by atoms with Crippen molar-refractivity contribution >= 4 is 5.91 Å². The van der Waals surface area contributed by atoms with Crippen LogP contribution in [0.25, 0.3) is 17.3 Å². The molecule has 146 valence electrons. The molecule has 0 aromatic carbocycles. The normalized spacial score (nSPS) is 14.9. The van der Waals surface area contributed by atoms with E-state index in [1.807, 2.05) is 26.0 Å². The van der Waals surface area contributed by atoms with Gasteiger partial charge in [-0.05, 0) is 31.9 Å². The van der Waals surface area contributed by atoms with E-state index in [9.17, 15) is 4.79 Å². The molecule has 1 saturated carbocycles. The highest BCUT2D eigenvalue weighted by molar-refractivity contribution is 5.95. The van der Waals surface area contributed by atoms with Crippen LogP contribution in [0.3, 0.4) is 0 Å². The summed E-state index contributed by atoms with van der Waals surface area (Å²) in [6, 6.07) is 3.90. The van der Waals surface area contributed by atoms with Crippen LogP contribution in [-0.4, -0.2) is 36.9 Å². The summed E-state index contributed by atoms with van der Waals surface area (Å²) in [5, 5.41) is 11.5. The summed E-state index contributed by atoms with van der Waals surface area (Å²) in [6.45, 7) is 3.85. The number of carbonyl (C=O) groups excluding carboxylic acids is 1. The third kappa shape index (κ3) is 3.67. The number of rotatable bonds is 5. The first-order valence-electron chi connectivity index (χ1n) is 9.80. The zero-order chi connectivity index (χ0) is 19.5. The van der Waals surface area contributed by atoms with E-state index in [0.29, 0.717) is 29.5 Å². The zero-order valence-corrected chi connectivity index (χ0v) is 16.2. The molecule has 3 aromatic heterocycles. The molecule has 8 heteroatoms. The van der Waals surface area contributed by atoms with Gasteiger partial charge in [0.25, 0.3) is 11.8 Å². The number of carbonyl (C=O) groups is 1. The third-order valence-electron chi connectivity index (χ3n) is 5.19. The Labute approximate surface area is 163 Å². The molecule has 0 aliphatic heterocycles. The minimum absolute atomic E-state index is 0.0729. The molecule has 3 heterocycles. The Balaban J connectivity index is 1.56. The molecular formula is C20H24N6O2. The maximum absolute atomic E-state index is 12.7. The molecule has 0 unspecified atom stereocenters. The molecule has 0 saturated heterocycles. The molecule has 28 heavy (non-hydrogen) atoms. The molecule has 1 aliphatic carbocycles. The number of aromatic nitrogens is 5. The second kappa shape index (κ2) is 7.92. The van der Waals surface area contributed by atoms with Gasteiger partial charge in [-0.3, -0.25) is 4.79 Å². The Bertz CT molecular complexity index is 971. The first-order chi connectivity index (χ1) is 13.7. The van der Waals surface area contributed by atoms with Crippen LogP contribution in [0.15, 0.2) is 29.0 Å². The van der Waals surface area contributed by atoms with E-state index < -0.39 is 0 Å². The molecule has 0 atom stereocenters. The molecule has 1 aliphatic rings. The number of amides is 1. The summed E-state index contributed by atoms with van der Waals surface area (Å²) in [5.41, 5.74) is 2.09. The van der Waals surface area contributed by atoms with Gasteiger partial charge in [-0.1, -0.05) is 31.3 Å². The number of pyridine rings is 1. The lowest BCUT2D eigenvalue weighted by Gasteiger charge is -2.22. The Morgan fingerprint density at radius 2 is 2.14 bits per heavy atom. The second-order valence-electron chi connectivity index (χ2n) is 7.14. The molecule has 1 amide bonds. The van der Waals surface area contributed by atoms with Gasteiger partial charge < -0.3 is 9.84 Å². The van der Waals surface area contributed by atoms with Crippen molar-refractivity contribution in [1.29, 1.82) is 0 Å². The van der Waals surface area contributed by atoms with E-state index in [0.717, 1.165) is 24.1 Å². The van der Waals surface area contributed by atoms with E-state index in [4.69, 9.17) is 4.52 Å². The van der Waals surface area contributed by atoms with E-state index in [1.54, 1.807) is 17.1 Å². The molecule has 4 rings (SSSR count). The fourth-order valence-electron chi connectivity index (χ4n) is 3.56. The van der Waals surface area contributed by atoms with Gasteiger partial charge in [0, 0.05) is 24.2 Å². The molecule has 1 fully saturated rings. The zero-order valence-electron chi connectivity index (χ0n) is 16.2. The lowest BCUT2D eigenvalue weighted by Crippen LogP contribution is -2.36. The fourth-order valence-corrected chi connectivity index (χ4v) is 3.56. The summed E-state index contributed by atoms with van der Waals surface area (Å²) in [4.78, 5) is 21.4. The van der Waals surface area contributed by atoms with Gasteiger partial charge in [-0.2, -0.15) is 10.1 Å². The first-order valence-corrected chi connectivity index (χ1v) is 9.80. The van der Waals surface area contributed by atoms with Crippen LogP contribution in [0.2, 0.25) is 0 Å². The topological polar surface area (TPSA) is 98.7 Å². The number of nitrogens with zero attached hydrogens (tertiary/aromatic N) is 5. The Hall–Kier alpha value is -3.03. The molecule has 0 spiro atoms. The Kier molecular flexibility index (Phi) is 5.18. The number of hydrogen-bond acceptors (Lipinski definition) is 6. The Morgan fingerprint density at radius 3 is 2.89 bits per heavy atom. The van der Waals surface area contributed by atoms with Crippen molar-refractivity contribution < 1.29 is 9.32 Å². The molecule has 1 N–H and O–H groups in total. The summed E-state index contributed by atoms with van der Waals surface area (Å²) < 4.78 is 6.97. The van der Waals surface area contributed by atoms with Crippen LogP contribution >= 0.6 is 0 Å². The van der Waals surface area contributed by atoms with E-state index >= 15 is 0 Å². The average molecular weight is 380 g/mol. The van der Waals surface area contributed by atoms with Crippen molar-refractivity contribution in [3.63, 3.8) is 0 Å². The maximum Gasteiger partial charge on any atom is 0.258 e. The van der Waals surface area contributed by atoms with Crippen LogP contribution in [0.1, 0.15) is 60.9 Å². The number of hydrogen-bond donors (Lipinski definition) is 1. The average Bonchev–Trinajstić information content (AvgIpc) is 3.35. The van der Waals surface area contributed by atoms with Crippen molar-refractivity contribution in [2.24, 2.45) is 0 Å².